The molecule has 0 radical (unpaired) electrons. The Morgan fingerprint density at radius 1 is 1.21 bits per heavy atom. The fourth-order valence-corrected chi connectivity index (χ4v) is 3.94. The fraction of sp³-hybridized carbons (Fsp3) is 0.211. The van der Waals surface area contributed by atoms with Crippen LogP contribution in [0.2, 0.25) is 0 Å². The van der Waals surface area contributed by atoms with E-state index in [4.69, 9.17) is 4.42 Å². The number of nitro benzene ring substituents is 1. The van der Waals surface area contributed by atoms with Gasteiger partial charge in [-0.1, -0.05) is 18.2 Å². The maximum absolute atomic E-state index is 12.9. The van der Waals surface area contributed by atoms with Gasteiger partial charge in [0.2, 0.25) is 15.9 Å². The number of rotatable bonds is 7. The number of aromatic nitrogens is 1. The second-order valence-electron chi connectivity index (χ2n) is 6.34. The molecule has 0 aliphatic heterocycles. The van der Waals surface area contributed by atoms with Crippen LogP contribution in [0.1, 0.15) is 11.5 Å². The molecule has 0 fully saturated rings. The van der Waals surface area contributed by atoms with Crippen molar-refractivity contribution in [2.24, 2.45) is 0 Å². The minimum Gasteiger partial charge on any atom is -0.441 e. The van der Waals surface area contributed by atoms with Gasteiger partial charge in [0.05, 0.1) is 22.1 Å². The van der Waals surface area contributed by atoms with Crippen LogP contribution in [0.15, 0.2) is 57.8 Å². The van der Waals surface area contributed by atoms with E-state index in [0.29, 0.717) is 17.3 Å². The summed E-state index contributed by atoms with van der Waals surface area (Å²) in [6.45, 7) is 1.67. The third-order valence-corrected chi connectivity index (χ3v) is 6.23. The molecule has 1 heterocycles. The smallest absolute Gasteiger partial charge is 0.293 e. The molecule has 1 N–H and O–H groups in total. The van der Waals surface area contributed by atoms with Gasteiger partial charge in [-0.2, -0.15) is 4.31 Å². The molecule has 3 rings (SSSR count). The number of nitrogens with zero attached hydrogens (tertiary/aromatic N) is 3. The number of hydrogen-bond donors (Lipinski definition) is 1. The molecule has 0 saturated heterocycles. The zero-order valence-electron chi connectivity index (χ0n) is 16.1. The Morgan fingerprint density at radius 2 is 1.90 bits per heavy atom. The van der Waals surface area contributed by atoms with Crippen LogP contribution in [0.4, 0.5) is 11.4 Å². The van der Waals surface area contributed by atoms with Gasteiger partial charge in [0.15, 0.2) is 0 Å². The molecule has 0 aliphatic carbocycles. The molecular weight excluding hydrogens is 396 g/mol. The molecule has 1 aromatic heterocycles. The van der Waals surface area contributed by atoms with Gasteiger partial charge in [-0.3, -0.25) is 10.1 Å². The van der Waals surface area contributed by atoms with E-state index < -0.39 is 14.9 Å². The summed E-state index contributed by atoms with van der Waals surface area (Å²) < 4.78 is 32.6. The monoisotopic (exact) mass is 416 g/mol. The van der Waals surface area contributed by atoms with Crippen molar-refractivity contribution >= 4 is 21.4 Å². The summed E-state index contributed by atoms with van der Waals surface area (Å²) in [5.41, 5.74) is 1.17. The summed E-state index contributed by atoms with van der Waals surface area (Å²) in [6, 6.07) is 13.0. The van der Waals surface area contributed by atoms with Crippen molar-refractivity contribution in [1.29, 1.82) is 0 Å². The van der Waals surface area contributed by atoms with Gasteiger partial charge >= 0.3 is 0 Å². The predicted octanol–water partition coefficient (Wildman–Crippen LogP) is 3.42. The molecule has 29 heavy (non-hydrogen) atoms. The van der Waals surface area contributed by atoms with Crippen LogP contribution >= 0.6 is 0 Å². The standard InChI is InChI=1S/C19H20N4O5S/c1-13-17(21-19(28-13)14-7-5-4-6-8-14)12-22(3)29(26,27)15-9-10-16(20-2)18(11-15)23(24)25/h4-11,20H,12H2,1-3H3. The molecule has 3 aromatic rings. The number of nitro groups is 1. The molecule has 0 spiro atoms. The van der Waals surface area contributed by atoms with Crippen LogP contribution in [0, 0.1) is 17.0 Å². The summed E-state index contributed by atoms with van der Waals surface area (Å²) in [6.07, 6.45) is 0. The van der Waals surface area contributed by atoms with E-state index >= 15 is 0 Å². The number of anilines is 1. The Morgan fingerprint density at radius 3 is 2.52 bits per heavy atom. The quantitative estimate of drug-likeness (QED) is 0.463. The highest BCUT2D eigenvalue weighted by Crippen LogP contribution is 2.29. The summed E-state index contributed by atoms with van der Waals surface area (Å²) in [5, 5.41) is 13.9. The van der Waals surface area contributed by atoms with Crippen molar-refractivity contribution in [2.45, 2.75) is 18.4 Å². The highest BCUT2D eigenvalue weighted by Gasteiger charge is 2.26. The van der Waals surface area contributed by atoms with Gasteiger partial charge in [-0.15, -0.1) is 0 Å². The van der Waals surface area contributed by atoms with E-state index in [1.54, 1.807) is 6.92 Å². The van der Waals surface area contributed by atoms with Crippen LogP contribution in [-0.4, -0.2) is 36.7 Å². The predicted molar refractivity (Wildman–Crippen MR) is 108 cm³/mol. The number of benzene rings is 2. The maximum Gasteiger partial charge on any atom is 0.293 e. The number of aryl methyl sites for hydroxylation is 1. The Bertz CT molecular complexity index is 1140. The largest absolute Gasteiger partial charge is 0.441 e. The molecule has 152 valence electrons. The van der Waals surface area contributed by atoms with Crippen molar-refractivity contribution in [3.05, 3.63) is 70.1 Å². The molecule has 0 bridgehead atoms. The molecule has 2 aromatic carbocycles. The van der Waals surface area contributed by atoms with Crippen molar-refractivity contribution in [2.75, 3.05) is 19.4 Å². The average molecular weight is 416 g/mol. The van der Waals surface area contributed by atoms with Gasteiger partial charge in [-0.25, -0.2) is 13.4 Å². The van der Waals surface area contributed by atoms with Gasteiger partial charge in [0.1, 0.15) is 11.4 Å². The molecule has 10 heteroatoms. The van der Waals surface area contributed by atoms with Crippen molar-refractivity contribution < 1.29 is 17.8 Å². The Hall–Kier alpha value is -3.24. The lowest BCUT2D eigenvalue weighted by Crippen LogP contribution is -2.27. The lowest BCUT2D eigenvalue weighted by Gasteiger charge is -2.16. The van der Waals surface area contributed by atoms with E-state index in [0.717, 1.165) is 15.9 Å². The summed E-state index contributed by atoms with van der Waals surface area (Å²) in [7, 11) is -1.05. The SMILES string of the molecule is CNc1ccc(S(=O)(=O)N(C)Cc2nc(-c3ccccc3)oc2C)cc1[N+](=O)[O-]. The molecule has 0 amide bonds. The first-order chi connectivity index (χ1) is 13.7. The number of sulfonamides is 1. The minimum absolute atomic E-state index is 0.0356. The lowest BCUT2D eigenvalue weighted by molar-refractivity contribution is -0.384. The van der Waals surface area contributed by atoms with Crippen LogP contribution < -0.4 is 5.32 Å². The summed E-state index contributed by atoms with van der Waals surface area (Å²) in [4.78, 5) is 14.8. The van der Waals surface area contributed by atoms with Crippen molar-refractivity contribution in [3.63, 3.8) is 0 Å². The van der Waals surface area contributed by atoms with E-state index in [1.165, 1.54) is 26.2 Å². The van der Waals surface area contributed by atoms with Gasteiger partial charge in [0.25, 0.3) is 5.69 Å². The van der Waals surface area contributed by atoms with Gasteiger partial charge < -0.3 is 9.73 Å². The van der Waals surface area contributed by atoms with Crippen LogP contribution in [0.5, 0.6) is 0 Å². The number of oxazole rings is 1. The van der Waals surface area contributed by atoms with Gasteiger partial charge in [-0.05, 0) is 31.2 Å². The van der Waals surface area contributed by atoms with E-state index in [-0.39, 0.29) is 22.8 Å². The average Bonchev–Trinajstić information content (AvgIpc) is 3.08. The van der Waals surface area contributed by atoms with E-state index in [1.807, 2.05) is 30.3 Å². The first-order valence-electron chi connectivity index (χ1n) is 8.68. The summed E-state index contributed by atoms with van der Waals surface area (Å²) in [5.74, 6) is 0.903. The highest BCUT2D eigenvalue weighted by molar-refractivity contribution is 7.89. The van der Waals surface area contributed by atoms with E-state index in [9.17, 15) is 18.5 Å². The Labute approximate surface area is 168 Å². The highest BCUT2D eigenvalue weighted by atomic mass is 32.2. The van der Waals surface area contributed by atoms with E-state index in [2.05, 4.69) is 10.3 Å². The topological polar surface area (TPSA) is 119 Å². The molecule has 9 nitrogen and oxygen atoms in total. The first-order valence-corrected chi connectivity index (χ1v) is 10.1. The van der Waals surface area contributed by atoms with Crippen molar-refractivity contribution in [3.8, 4) is 11.5 Å². The van der Waals surface area contributed by atoms with Crippen LogP contribution in [0.25, 0.3) is 11.5 Å². The molecule has 0 unspecified atom stereocenters. The molecule has 0 atom stereocenters. The first kappa shape index (κ1) is 20.5. The Kier molecular flexibility index (Phi) is 5.66. The number of hydrogen-bond acceptors (Lipinski definition) is 7. The number of nitrogens with one attached hydrogen (secondary N) is 1. The fourth-order valence-electron chi connectivity index (χ4n) is 2.79. The normalized spacial score (nSPS) is 11.6. The molecule has 0 aliphatic rings. The lowest BCUT2D eigenvalue weighted by atomic mass is 10.2. The molecular formula is C19H20N4O5S. The Balaban J connectivity index is 1.89. The van der Waals surface area contributed by atoms with Gasteiger partial charge in [0, 0.05) is 25.7 Å². The van der Waals surface area contributed by atoms with Crippen LogP contribution in [-0.2, 0) is 16.6 Å². The third-order valence-electron chi connectivity index (χ3n) is 4.43. The van der Waals surface area contributed by atoms with Crippen molar-refractivity contribution in [1.82, 2.24) is 9.29 Å². The maximum atomic E-state index is 12.9. The van der Waals surface area contributed by atoms with Crippen LogP contribution in [0.3, 0.4) is 0 Å². The molecule has 0 saturated carbocycles. The zero-order chi connectivity index (χ0) is 21.2. The minimum atomic E-state index is -3.97. The summed E-state index contributed by atoms with van der Waals surface area (Å²) >= 11 is 0. The second kappa shape index (κ2) is 8.02. The second-order valence-corrected chi connectivity index (χ2v) is 8.38. The zero-order valence-corrected chi connectivity index (χ0v) is 16.9. The third kappa shape index (κ3) is 4.13.